The van der Waals surface area contributed by atoms with Gasteiger partial charge >= 0.3 is 0 Å². The van der Waals surface area contributed by atoms with Gasteiger partial charge in [-0.2, -0.15) is 0 Å². The van der Waals surface area contributed by atoms with Crippen molar-refractivity contribution in [1.29, 1.82) is 0 Å². The number of anilines is 3. The lowest BCUT2D eigenvalue weighted by Crippen LogP contribution is -2.29. The zero-order chi connectivity index (χ0) is 16.2. The molecule has 0 bridgehead atoms. The van der Waals surface area contributed by atoms with Crippen molar-refractivity contribution in [3.05, 3.63) is 51.7 Å². The van der Waals surface area contributed by atoms with Crippen LogP contribution in [0.25, 0.3) is 0 Å². The molecular weight excluding hydrogens is 316 g/mol. The van der Waals surface area contributed by atoms with Gasteiger partial charge in [0.2, 0.25) is 0 Å². The van der Waals surface area contributed by atoms with Crippen LogP contribution in [0.1, 0.15) is 19.3 Å². The van der Waals surface area contributed by atoms with E-state index >= 15 is 0 Å². The number of nitro groups is 1. The molecule has 3 rings (SSSR count). The van der Waals surface area contributed by atoms with Crippen molar-refractivity contribution in [3.63, 3.8) is 0 Å². The second kappa shape index (κ2) is 6.83. The van der Waals surface area contributed by atoms with E-state index in [4.69, 9.17) is 11.6 Å². The van der Waals surface area contributed by atoms with Crippen LogP contribution in [0, 0.1) is 10.1 Å². The first kappa shape index (κ1) is 15.6. The molecule has 120 valence electrons. The summed E-state index contributed by atoms with van der Waals surface area (Å²) in [5.74, 6) is 0.977. The average molecular weight is 333 g/mol. The van der Waals surface area contributed by atoms with Gasteiger partial charge in [0, 0.05) is 25.2 Å². The van der Waals surface area contributed by atoms with Crippen molar-refractivity contribution in [2.24, 2.45) is 0 Å². The molecule has 0 saturated carbocycles. The Bertz CT molecular complexity index is 700. The fourth-order valence-electron chi connectivity index (χ4n) is 2.64. The molecule has 0 aliphatic carbocycles. The average Bonchev–Trinajstić information content (AvgIpc) is 2.58. The third kappa shape index (κ3) is 3.71. The summed E-state index contributed by atoms with van der Waals surface area (Å²) in [5, 5.41) is 14.2. The second-order valence-corrected chi connectivity index (χ2v) is 5.91. The summed E-state index contributed by atoms with van der Waals surface area (Å²) in [4.78, 5) is 17.0. The SMILES string of the molecule is O=[N+]([O-])c1ccc(Nc2ccc(N3CCCCC3)nc2)c(Cl)c1. The molecule has 1 aromatic carbocycles. The van der Waals surface area contributed by atoms with Gasteiger partial charge in [0.15, 0.2) is 0 Å². The number of aromatic nitrogens is 1. The van der Waals surface area contributed by atoms with E-state index in [0.29, 0.717) is 10.7 Å². The lowest BCUT2D eigenvalue weighted by atomic mass is 10.1. The monoisotopic (exact) mass is 332 g/mol. The molecule has 0 spiro atoms. The summed E-state index contributed by atoms with van der Waals surface area (Å²) in [6, 6.07) is 8.27. The minimum Gasteiger partial charge on any atom is -0.357 e. The van der Waals surface area contributed by atoms with E-state index in [9.17, 15) is 10.1 Å². The highest BCUT2D eigenvalue weighted by Crippen LogP contribution is 2.29. The first-order chi connectivity index (χ1) is 11.1. The number of hydrogen-bond acceptors (Lipinski definition) is 5. The summed E-state index contributed by atoms with van der Waals surface area (Å²) in [6.07, 6.45) is 5.45. The molecule has 2 aromatic rings. The number of benzene rings is 1. The van der Waals surface area contributed by atoms with E-state index in [2.05, 4.69) is 15.2 Å². The van der Waals surface area contributed by atoms with E-state index in [1.807, 2.05) is 12.1 Å². The zero-order valence-electron chi connectivity index (χ0n) is 12.5. The number of nitro benzene ring substituents is 1. The molecule has 0 unspecified atom stereocenters. The first-order valence-electron chi connectivity index (χ1n) is 7.55. The fourth-order valence-corrected chi connectivity index (χ4v) is 2.87. The number of piperidine rings is 1. The number of nitrogens with zero attached hydrogens (tertiary/aromatic N) is 3. The van der Waals surface area contributed by atoms with Crippen LogP contribution >= 0.6 is 11.6 Å². The van der Waals surface area contributed by atoms with Gasteiger partial charge in [-0.3, -0.25) is 10.1 Å². The molecule has 1 aliphatic heterocycles. The summed E-state index contributed by atoms with van der Waals surface area (Å²) >= 11 is 6.08. The minimum absolute atomic E-state index is 0.0286. The zero-order valence-corrected chi connectivity index (χ0v) is 13.3. The summed E-state index contributed by atoms with van der Waals surface area (Å²) in [6.45, 7) is 2.10. The lowest BCUT2D eigenvalue weighted by Gasteiger charge is -2.27. The molecule has 2 heterocycles. The van der Waals surface area contributed by atoms with E-state index in [1.54, 1.807) is 12.3 Å². The van der Waals surface area contributed by atoms with Crippen LogP contribution in [0.2, 0.25) is 5.02 Å². The number of pyridine rings is 1. The summed E-state index contributed by atoms with van der Waals surface area (Å²) in [7, 11) is 0. The predicted octanol–water partition coefficient (Wildman–Crippen LogP) is 4.38. The largest absolute Gasteiger partial charge is 0.357 e. The Morgan fingerprint density at radius 2 is 1.96 bits per heavy atom. The van der Waals surface area contributed by atoms with Crippen molar-refractivity contribution in [2.45, 2.75) is 19.3 Å². The molecule has 7 heteroatoms. The summed E-state index contributed by atoms with van der Waals surface area (Å²) in [5.41, 5.74) is 1.38. The van der Waals surface area contributed by atoms with Crippen LogP contribution in [0.5, 0.6) is 0 Å². The molecule has 1 saturated heterocycles. The normalized spacial score (nSPS) is 14.6. The molecule has 0 amide bonds. The van der Waals surface area contributed by atoms with Gasteiger partial charge in [-0.05, 0) is 37.5 Å². The number of nitrogens with one attached hydrogen (secondary N) is 1. The van der Waals surface area contributed by atoms with Crippen LogP contribution in [-0.2, 0) is 0 Å². The van der Waals surface area contributed by atoms with Crippen molar-refractivity contribution in [1.82, 2.24) is 4.98 Å². The van der Waals surface area contributed by atoms with Gasteiger partial charge < -0.3 is 10.2 Å². The molecule has 1 N–H and O–H groups in total. The van der Waals surface area contributed by atoms with Crippen molar-refractivity contribution in [2.75, 3.05) is 23.3 Å². The van der Waals surface area contributed by atoms with Crippen molar-refractivity contribution in [3.8, 4) is 0 Å². The van der Waals surface area contributed by atoms with Crippen LogP contribution in [0.3, 0.4) is 0 Å². The molecule has 1 aliphatic rings. The lowest BCUT2D eigenvalue weighted by molar-refractivity contribution is -0.384. The van der Waals surface area contributed by atoms with Crippen LogP contribution in [0.15, 0.2) is 36.5 Å². The Hall–Kier alpha value is -2.34. The molecule has 1 aromatic heterocycles. The Labute approximate surface area is 139 Å². The molecular formula is C16H17ClN4O2. The van der Waals surface area contributed by atoms with E-state index in [0.717, 1.165) is 24.6 Å². The maximum atomic E-state index is 10.7. The van der Waals surface area contributed by atoms with Gasteiger partial charge in [-0.1, -0.05) is 11.6 Å². The number of hydrogen-bond donors (Lipinski definition) is 1. The third-order valence-electron chi connectivity index (χ3n) is 3.87. The predicted molar refractivity (Wildman–Crippen MR) is 91.7 cm³/mol. The maximum Gasteiger partial charge on any atom is 0.271 e. The van der Waals surface area contributed by atoms with Crippen LogP contribution in [-0.4, -0.2) is 23.0 Å². The van der Waals surface area contributed by atoms with E-state index in [1.165, 1.54) is 31.4 Å². The maximum absolute atomic E-state index is 10.7. The highest BCUT2D eigenvalue weighted by atomic mass is 35.5. The Morgan fingerprint density at radius 1 is 1.17 bits per heavy atom. The third-order valence-corrected chi connectivity index (χ3v) is 4.18. The summed E-state index contributed by atoms with van der Waals surface area (Å²) < 4.78 is 0. The molecule has 0 atom stereocenters. The quantitative estimate of drug-likeness (QED) is 0.664. The number of non-ortho nitro benzene ring substituents is 1. The smallest absolute Gasteiger partial charge is 0.271 e. The van der Waals surface area contributed by atoms with Crippen molar-refractivity contribution < 1.29 is 4.92 Å². The van der Waals surface area contributed by atoms with Gasteiger partial charge in [0.25, 0.3) is 5.69 Å². The Kier molecular flexibility index (Phi) is 4.62. The van der Waals surface area contributed by atoms with Crippen LogP contribution < -0.4 is 10.2 Å². The van der Waals surface area contributed by atoms with E-state index < -0.39 is 4.92 Å². The minimum atomic E-state index is -0.468. The van der Waals surface area contributed by atoms with Gasteiger partial charge in [0.1, 0.15) is 5.82 Å². The van der Waals surface area contributed by atoms with Crippen molar-refractivity contribution >= 4 is 34.5 Å². The topological polar surface area (TPSA) is 71.3 Å². The van der Waals surface area contributed by atoms with Gasteiger partial charge in [-0.25, -0.2) is 4.98 Å². The van der Waals surface area contributed by atoms with Gasteiger partial charge in [0.05, 0.1) is 27.5 Å². The fraction of sp³-hybridized carbons (Fsp3) is 0.312. The Balaban J connectivity index is 1.72. The Morgan fingerprint density at radius 3 is 2.57 bits per heavy atom. The second-order valence-electron chi connectivity index (χ2n) is 5.50. The highest BCUT2D eigenvalue weighted by molar-refractivity contribution is 6.33. The molecule has 23 heavy (non-hydrogen) atoms. The number of halogens is 1. The number of rotatable bonds is 4. The molecule has 0 radical (unpaired) electrons. The van der Waals surface area contributed by atoms with Gasteiger partial charge in [-0.15, -0.1) is 0 Å². The highest BCUT2D eigenvalue weighted by Gasteiger charge is 2.12. The molecule has 1 fully saturated rings. The standard InChI is InChI=1S/C16H17ClN4O2/c17-14-10-13(21(22)23)5-6-15(14)19-12-4-7-16(18-11-12)20-8-2-1-3-9-20/h4-7,10-11,19H,1-3,8-9H2. The first-order valence-corrected chi connectivity index (χ1v) is 7.93. The van der Waals surface area contributed by atoms with E-state index in [-0.39, 0.29) is 5.69 Å². The van der Waals surface area contributed by atoms with Crippen LogP contribution in [0.4, 0.5) is 22.9 Å². The molecule has 6 nitrogen and oxygen atoms in total.